The van der Waals surface area contributed by atoms with Crippen LogP contribution in [0.5, 0.6) is 0 Å². The summed E-state index contributed by atoms with van der Waals surface area (Å²) in [6, 6.07) is 11.3. The molecule has 2 heterocycles. The number of ether oxygens (including phenoxy) is 1. The van der Waals surface area contributed by atoms with Crippen LogP contribution in [0.15, 0.2) is 39.2 Å². The Morgan fingerprint density at radius 2 is 2.09 bits per heavy atom. The molecule has 0 saturated carbocycles. The van der Waals surface area contributed by atoms with Crippen molar-refractivity contribution >= 4 is 45.1 Å². The smallest absolute Gasteiger partial charge is 0.210 e. The second-order valence-electron chi connectivity index (χ2n) is 5.08. The fraction of sp³-hybridized carbons (Fsp3) is 0.235. The average Bonchev–Trinajstić information content (AvgIpc) is 2.94. The number of hydrogen-bond donors (Lipinski definition) is 0. The van der Waals surface area contributed by atoms with Crippen LogP contribution in [0.2, 0.25) is 5.02 Å². The van der Waals surface area contributed by atoms with Gasteiger partial charge in [0.1, 0.15) is 5.76 Å². The highest BCUT2D eigenvalue weighted by atomic mass is 79.9. The van der Waals surface area contributed by atoms with E-state index in [4.69, 9.17) is 20.8 Å². The normalized spacial score (nSPS) is 15.5. The minimum absolute atomic E-state index is 0.502. The summed E-state index contributed by atoms with van der Waals surface area (Å²) in [4.78, 5) is 2.12. The molecule has 0 bridgehead atoms. The molecule has 4 nitrogen and oxygen atoms in total. The van der Waals surface area contributed by atoms with Crippen molar-refractivity contribution in [3.05, 3.63) is 51.2 Å². The first-order valence-electron chi connectivity index (χ1n) is 7.17. The SMILES string of the molecule is N#C/C(=C/c1cc(Br)c(N2CCOCC2)o1)c1cccc(Cl)c1. The quantitative estimate of drug-likeness (QED) is 0.715. The third-order valence-electron chi connectivity index (χ3n) is 3.53. The number of morpholine rings is 1. The predicted molar refractivity (Wildman–Crippen MR) is 94.4 cm³/mol. The van der Waals surface area contributed by atoms with Crippen LogP contribution in [0.25, 0.3) is 11.6 Å². The van der Waals surface area contributed by atoms with E-state index in [2.05, 4.69) is 26.9 Å². The van der Waals surface area contributed by atoms with Gasteiger partial charge < -0.3 is 14.1 Å². The van der Waals surface area contributed by atoms with Gasteiger partial charge in [-0.2, -0.15) is 5.26 Å². The number of halogens is 2. The van der Waals surface area contributed by atoms with E-state index in [0.717, 1.165) is 29.0 Å². The number of hydrogen-bond acceptors (Lipinski definition) is 4. The van der Waals surface area contributed by atoms with Crippen LogP contribution in [0.3, 0.4) is 0 Å². The summed E-state index contributed by atoms with van der Waals surface area (Å²) in [5.74, 6) is 1.39. The lowest BCUT2D eigenvalue weighted by Crippen LogP contribution is -2.36. The second-order valence-corrected chi connectivity index (χ2v) is 6.37. The van der Waals surface area contributed by atoms with Gasteiger partial charge in [-0.1, -0.05) is 23.7 Å². The van der Waals surface area contributed by atoms with Crippen LogP contribution < -0.4 is 4.90 Å². The van der Waals surface area contributed by atoms with Crippen molar-refractivity contribution in [2.45, 2.75) is 0 Å². The van der Waals surface area contributed by atoms with Gasteiger partial charge in [0.15, 0.2) is 0 Å². The Bertz CT molecular complexity index is 773. The number of allylic oxidation sites excluding steroid dienone is 1. The van der Waals surface area contributed by atoms with Crippen molar-refractivity contribution in [3.8, 4) is 6.07 Å². The maximum atomic E-state index is 9.41. The molecule has 0 unspecified atom stereocenters. The van der Waals surface area contributed by atoms with E-state index in [-0.39, 0.29) is 0 Å². The Hall–Kier alpha value is -1.74. The monoisotopic (exact) mass is 392 g/mol. The van der Waals surface area contributed by atoms with Gasteiger partial charge in [0.05, 0.1) is 29.3 Å². The molecule has 1 aliphatic heterocycles. The first-order valence-corrected chi connectivity index (χ1v) is 8.34. The summed E-state index contributed by atoms with van der Waals surface area (Å²) in [5, 5.41) is 10.0. The van der Waals surface area contributed by atoms with Crippen LogP contribution in [0.4, 0.5) is 5.88 Å². The third-order valence-corrected chi connectivity index (χ3v) is 4.33. The van der Waals surface area contributed by atoms with Gasteiger partial charge in [0.25, 0.3) is 0 Å². The van der Waals surface area contributed by atoms with Gasteiger partial charge in [-0.15, -0.1) is 0 Å². The summed E-state index contributed by atoms with van der Waals surface area (Å²) < 4.78 is 12.1. The number of nitrogens with zero attached hydrogens (tertiary/aromatic N) is 2. The molecule has 1 saturated heterocycles. The van der Waals surface area contributed by atoms with Crippen molar-refractivity contribution in [2.75, 3.05) is 31.2 Å². The van der Waals surface area contributed by atoms with E-state index < -0.39 is 0 Å². The molecule has 1 aromatic carbocycles. The molecule has 3 rings (SSSR count). The van der Waals surface area contributed by atoms with E-state index in [1.165, 1.54) is 0 Å². The van der Waals surface area contributed by atoms with Crippen molar-refractivity contribution < 1.29 is 9.15 Å². The molecule has 1 aromatic heterocycles. The van der Waals surface area contributed by atoms with Gasteiger partial charge >= 0.3 is 0 Å². The lowest BCUT2D eigenvalue weighted by atomic mass is 10.1. The minimum atomic E-state index is 0.502. The van der Waals surface area contributed by atoms with Crippen molar-refractivity contribution in [3.63, 3.8) is 0 Å². The number of anilines is 1. The average molecular weight is 394 g/mol. The zero-order valence-corrected chi connectivity index (χ0v) is 14.6. The summed E-state index contributed by atoms with van der Waals surface area (Å²) >= 11 is 9.52. The predicted octanol–water partition coefficient (Wildman–Crippen LogP) is 4.60. The minimum Gasteiger partial charge on any atom is -0.440 e. The second kappa shape index (κ2) is 7.22. The number of rotatable bonds is 3. The molecule has 23 heavy (non-hydrogen) atoms. The lowest BCUT2D eigenvalue weighted by Gasteiger charge is -2.26. The lowest BCUT2D eigenvalue weighted by molar-refractivity contribution is 0.120. The summed E-state index contributed by atoms with van der Waals surface area (Å²) in [5.41, 5.74) is 1.27. The van der Waals surface area contributed by atoms with E-state index in [1.54, 1.807) is 18.2 Å². The highest BCUT2D eigenvalue weighted by molar-refractivity contribution is 9.10. The van der Waals surface area contributed by atoms with Crippen molar-refractivity contribution in [1.29, 1.82) is 5.26 Å². The van der Waals surface area contributed by atoms with Crippen LogP contribution >= 0.6 is 27.5 Å². The first kappa shape index (κ1) is 16.1. The molecule has 0 radical (unpaired) electrons. The summed E-state index contributed by atoms with van der Waals surface area (Å²) in [6.07, 6.45) is 1.72. The van der Waals surface area contributed by atoms with Crippen molar-refractivity contribution in [1.82, 2.24) is 0 Å². The van der Waals surface area contributed by atoms with Crippen LogP contribution in [-0.4, -0.2) is 26.3 Å². The summed E-state index contributed by atoms with van der Waals surface area (Å²) in [6.45, 7) is 2.94. The molecule has 1 aliphatic rings. The Morgan fingerprint density at radius 3 is 2.78 bits per heavy atom. The van der Waals surface area contributed by atoms with Gasteiger partial charge in [-0.3, -0.25) is 0 Å². The largest absolute Gasteiger partial charge is 0.440 e. The molecule has 2 aromatic rings. The number of nitriles is 1. The fourth-order valence-corrected chi connectivity index (χ4v) is 3.16. The molecular formula is C17H14BrClN2O2. The van der Waals surface area contributed by atoms with Gasteiger partial charge in [0.2, 0.25) is 5.88 Å². The maximum absolute atomic E-state index is 9.41. The molecular weight excluding hydrogens is 380 g/mol. The van der Waals surface area contributed by atoms with E-state index in [1.807, 2.05) is 18.2 Å². The fourth-order valence-electron chi connectivity index (χ4n) is 2.41. The third kappa shape index (κ3) is 3.78. The van der Waals surface area contributed by atoms with Gasteiger partial charge in [0, 0.05) is 24.2 Å². The highest BCUT2D eigenvalue weighted by Crippen LogP contribution is 2.32. The Labute approximate surface area is 148 Å². The Kier molecular flexibility index (Phi) is 5.06. The number of furan rings is 1. The van der Waals surface area contributed by atoms with Gasteiger partial charge in [-0.05, 0) is 39.7 Å². The van der Waals surface area contributed by atoms with Gasteiger partial charge in [-0.25, -0.2) is 0 Å². The standard InChI is InChI=1S/C17H14BrClN2O2/c18-16-10-15(23-17(16)21-4-6-22-7-5-21)9-13(11-20)12-2-1-3-14(19)8-12/h1-3,8-10H,4-7H2/b13-9-. The van der Waals surface area contributed by atoms with E-state index in [9.17, 15) is 5.26 Å². The topological polar surface area (TPSA) is 49.4 Å². The van der Waals surface area contributed by atoms with Crippen LogP contribution in [0, 0.1) is 11.3 Å². The van der Waals surface area contributed by atoms with Crippen LogP contribution in [-0.2, 0) is 4.74 Å². The number of benzene rings is 1. The maximum Gasteiger partial charge on any atom is 0.210 e. The zero-order chi connectivity index (χ0) is 16.2. The molecule has 0 aliphatic carbocycles. The Balaban J connectivity index is 1.90. The molecule has 0 amide bonds. The first-order chi connectivity index (χ1) is 11.2. The van der Waals surface area contributed by atoms with Crippen molar-refractivity contribution in [2.24, 2.45) is 0 Å². The highest BCUT2D eigenvalue weighted by Gasteiger charge is 2.18. The Morgan fingerprint density at radius 1 is 1.30 bits per heavy atom. The zero-order valence-electron chi connectivity index (χ0n) is 12.3. The molecule has 0 N–H and O–H groups in total. The molecule has 6 heteroatoms. The van der Waals surface area contributed by atoms with E-state index >= 15 is 0 Å². The summed E-state index contributed by atoms with van der Waals surface area (Å²) in [7, 11) is 0. The molecule has 1 fully saturated rings. The van der Waals surface area contributed by atoms with E-state index in [0.29, 0.717) is 29.6 Å². The molecule has 0 spiro atoms. The molecule has 0 atom stereocenters. The van der Waals surface area contributed by atoms with Crippen LogP contribution in [0.1, 0.15) is 11.3 Å². The molecule has 118 valence electrons.